The van der Waals surface area contributed by atoms with E-state index >= 15 is 0 Å². The molecule has 1 aliphatic heterocycles. The van der Waals surface area contributed by atoms with Crippen molar-refractivity contribution in [3.8, 4) is 11.1 Å². The molecule has 0 radical (unpaired) electrons. The van der Waals surface area contributed by atoms with E-state index in [1.807, 2.05) is 0 Å². The predicted octanol–water partition coefficient (Wildman–Crippen LogP) is 7.46. The van der Waals surface area contributed by atoms with Crippen LogP contribution in [0.15, 0.2) is 188 Å². The Morgan fingerprint density at radius 1 is 0.477 bits per heavy atom. The first-order valence-corrected chi connectivity index (χ1v) is 17.5. The van der Waals surface area contributed by atoms with Crippen molar-refractivity contribution >= 4 is 40.2 Å². The molecule has 0 fully saturated rings. The summed E-state index contributed by atoms with van der Waals surface area (Å²) in [5, 5.41) is 5.61. The van der Waals surface area contributed by atoms with Crippen LogP contribution in [0.25, 0.3) is 11.1 Å². The largest absolute Gasteiger partial charge is 0.333 e. The van der Waals surface area contributed by atoms with Crippen LogP contribution in [0, 0.1) is 0 Å². The molecule has 1 nitrogen and oxygen atoms in total. The Morgan fingerprint density at radius 2 is 1.05 bits per heavy atom. The van der Waals surface area contributed by atoms with Gasteiger partial charge in [0.1, 0.15) is 0 Å². The topological polar surface area (TPSA) is 3.24 Å². The van der Waals surface area contributed by atoms with E-state index in [4.69, 9.17) is 0 Å². The average molecular weight is 580 g/mol. The number of benzene rings is 6. The average Bonchev–Trinajstić information content (AvgIpc) is 3.44. The number of para-hydroxylation sites is 1. The number of hydrogen-bond acceptors (Lipinski definition) is 1. The van der Waals surface area contributed by atoms with Crippen molar-refractivity contribution in [1.82, 2.24) is 0 Å². The summed E-state index contributed by atoms with van der Waals surface area (Å²) >= 11 is 0. The van der Waals surface area contributed by atoms with Crippen molar-refractivity contribution in [2.75, 3.05) is 4.90 Å². The van der Waals surface area contributed by atoms with Gasteiger partial charge in [-0.1, -0.05) is 170 Å². The minimum atomic E-state index is -2.79. The Hall–Kier alpha value is -5.18. The molecule has 2 aliphatic rings. The van der Waals surface area contributed by atoms with Crippen LogP contribution < -0.4 is 25.6 Å². The lowest BCUT2D eigenvalue weighted by Crippen LogP contribution is -2.75. The van der Waals surface area contributed by atoms with E-state index in [1.54, 1.807) is 0 Å². The van der Waals surface area contributed by atoms with Crippen LogP contribution in [0.1, 0.15) is 11.5 Å². The first-order chi connectivity index (χ1) is 21.9. The monoisotopic (exact) mass is 579 g/mol. The Kier molecular flexibility index (Phi) is 6.70. The van der Waals surface area contributed by atoms with Gasteiger partial charge in [-0.3, -0.25) is 0 Å². The fourth-order valence-corrected chi connectivity index (χ4v) is 12.5. The number of rotatable bonds is 6. The van der Waals surface area contributed by atoms with Crippen molar-refractivity contribution < 1.29 is 0 Å². The molecule has 0 spiro atoms. The predicted molar refractivity (Wildman–Crippen MR) is 189 cm³/mol. The lowest BCUT2D eigenvalue weighted by atomic mass is 9.91. The number of fused-ring (bicyclic) bond motifs is 3. The van der Waals surface area contributed by atoms with Crippen LogP contribution in [-0.2, 0) is 0 Å². The van der Waals surface area contributed by atoms with Gasteiger partial charge in [0.05, 0.1) is 6.04 Å². The Labute approximate surface area is 261 Å². The number of anilines is 2. The van der Waals surface area contributed by atoms with Gasteiger partial charge in [-0.05, 0) is 55.6 Å². The van der Waals surface area contributed by atoms with E-state index in [1.165, 1.54) is 48.8 Å². The summed E-state index contributed by atoms with van der Waals surface area (Å²) in [4.78, 5) is 2.52. The number of nitrogens with zero attached hydrogens (tertiary/aromatic N) is 1. The van der Waals surface area contributed by atoms with E-state index in [2.05, 4.69) is 193 Å². The SMILES string of the molecule is C1=CC2c3cc([Si](c4ccccc4)(c4ccccc4)c4ccccc4-c4ccccc4)ccc3N(c3ccccc3)C2C=C1. The summed E-state index contributed by atoms with van der Waals surface area (Å²) in [5.74, 6) is 0.290. The number of allylic oxidation sites excluding steroid dienone is 2. The highest BCUT2D eigenvalue weighted by atomic mass is 28.3. The van der Waals surface area contributed by atoms with Crippen LogP contribution in [0.5, 0.6) is 0 Å². The molecule has 0 saturated heterocycles. The molecule has 2 unspecified atom stereocenters. The second-order valence-electron chi connectivity index (χ2n) is 11.7. The van der Waals surface area contributed by atoms with E-state index in [0.29, 0.717) is 0 Å². The second kappa shape index (κ2) is 11.1. The molecule has 210 valence electrons. The fraction of sp³-hybridized carbons (Fsp3) is 0.0476. The van der Waals surface area contributed by atoms with Crippen LogP contribution in [0.2, 0.25) is 0 Å². The molecule has 0 saturated carbocycles. The molecule has 1 aliphatic carbocycles. The third-order valence-corrected chi connectivity index (χ3v) is 14.2. The van der Waals surface area contributed by atoms with Gasteiger partial charge in [0.15, 0.2) is 8.07 Å². The smallest absolute Gasteiger partial charge is 0.180 e. The van der Waals surface area contributed by atoms with E-state index < -0.39 is 8.07 Å². The first-order valence-electron chi connectivity index (χ1n) is 15.5. The number of hydrogen-bond donors (Lipinski definition) is 0. The Balaban J connectivity index is 1.44. The van der Waals surface area contributed by atoms with Gasteiger partial charge in [-0.15, -0.1) is 0 Å². The van der Waals surface area contributed by atoms with Gasteiger partial charge in [0, 0.05) is 17.3 Å². The lowest BCUT2D eigenvalue weighted by Gasteiger charge is -2.36. The summed E-state index contributed by atoms with van der Waals surface area (Å²) in [6.45, 7) is 0. The highest BCUT2D eigenvalue weighted by Crippen LogP contribution is 2.47. The van der Waals surface area contributed by atoms with E-state index in [9.17, 15) is 0 Å². The molecular weight excluding hydrogens is 547 g/mol. The molecule has 2 heteroatoms. The summed E-state index contributed by atoms with van der Waals surface area (Å²) in [5.41, 5.74) is 6.49. The Bertz CT molecular complexity index is 1920. The zero-order valence-electron chi connectivity index (χ0n) is 24.5. The molecule has 0 bridgehead atoms. The molecular formula is C42H33NSi. The van der Waals surface area contributed by atoms with Crippen molar-refractivity contribution in [3.63, 3.8) is 0 Å². The molecule has 2 atom stereocenters. The van der Waals surface area contributed by atoms with Crippen LogP contribution >= 0.6 is 0 Å². The molecule has 1 heterocycles. The highest BCUT2D eigenvalue weighted by molar-refractivity contribution is 7.20. The molecule has 0 amide bonds. The van der Waals surface area contributed by atoms with Gasteiger partial charge in [-0.2, -0.15) is 0 Å². The molecule has 8 rings (SSSR count). The zero-order chi connectivity index (χ0) is 29.3. The van der Waals surface area contributed by atoms with Crippen molar-refractivity contribution in [2.45, 2.75) is 12.0 Å². The third-order valence-electron chi connectivity index (χ3n) is 9.35. The van der Waals surface area contributed by atoms with E-state index in [-0.39, 0.29) is 12.0 Å². The van der Waals surface area contributed by atoms with Crippen LogP contribution in [0.4, 0.5) is 11.4 Å². The molecule has 6 aromatic carbocycles. The summed E-state index contributed by atoms with van der Waals surface area (Å²) in [7, 11) is -2.79. The Morgan fingerprint density at radius 3 is 1.73 bits per heavy atom. The van der Waals surface area contributed by atoms with Crippen LogP contribution in [-0.4, -0.2) is 14.1 Å². The molecule has 6 aromatic rings. The van der Waals surface area contributed by atoms with E-state index in [0.717, 1.165) is 0 Å². The maximum absolute atomic E-state index is 2.79. The summed E-state index contributed by atoms with van der Waals surface area (Å²) in [6.07, 6.45) is 9.17. The van der Waals surface area contributed by atoms with Crippen molar-refractivity contribution in [3.05, 3.63) is 194 Å². The van der Waals surface area contributed by atoms with Crippen molar-refractivity contribution in [1.29, 1.82) is 0 Å². The third kappa shape index (κ3) is 4.22. The molecule has 0 aromatic heterocycles. The van der Waals surface area contributed by atoms with Gasteiger partial charge >= 0.3 is 0 Å². The van der Waals surface area contributed by atoms with Gasteiger partial charge in [0.2, 0.25) is 0 Å². The van der Waals surface area contributed by atoms with Gasteiger partial charge in [0.25, 0.3) is 0 Å². The highest BCUT2D eigenvalue weighted by Gasteiger charge is 2.45. The normalized spacial score (nSPS) is 16.9. The van der Waals surface area contributed by atoms with Gasteiger partial charge < -0.3 is 4.90 Å². The minimum absolute atomic E-state index is 0.258. The van der Waals surface area contributed by atoms with Gasteiger partial charge in [-0.25, -0.2) is 0 Å². The summed E-state index contributed by atoms with van der Waals surface area (Å²) < 4.78 is 0. The maximum Gasteiger partial charge on any atom is 0.180 e. The van der Waals surface area contributed by atoms with Crippen molar-refractivity contribution in [2.24, 2.45) is 0 Å². The second-order valence-corrected chi connectivity index (χ2v) is 15.4. The fourth-order valence-electron chi connectivity index (χ4n) is 7.49. The molecule has 44 heavy (non-hydrogen) atoms. The van der Waals surface area contributed by atoms with Crippen LogP contribution in [0.3, 0.4) is 0 Å². The standard InChI is InChI=1S/C42H33NSi/c1-5-17-32(18-6-1)37-25-14-16-28-42(37)44(34-21-9-3-10-22-34,35-23-11-4-12-24-35)36-29-30-41-39(31-36)38-26-13-15-27-40(38)43(41)33-19-7-2-8-20-33/h1-31,38,40H. The minimum Gasteiger partial charge on any atom is -0.333 e. The lowest BCUT2D eigenvalue weighted by molar-refractivity contribution is 0.745. The first kappa shape index (κ1) is 26.4. The molecule has 0 N–H and O–H groups in total. The zero-order valence-corrected chi connectivity index (χ0v) is 25.5. The summed E-state index contributed by atoms with van der Waals surface area (Å²) in [6, 6.07) is 61.1. The quantitative estimate of drug-likeness (QED) is 0.146. The maximum atomic E-state index is 2.56.